The summed E-state index contributed by atoms with van der Waals surface area (Å²) in [7, 11) is 0. The number of halogens is 5. The van der Waals surface area contributed by atoms with Gasteiger partial charge in [-0.05, 0) is 30.5 Å². The molecule has 1 aromatic heterocycles. The summed E-state index contributed by atoms with van der Waals surface area (Å²) >= 11 is 1.40. The number of rotatable bonds is 5. The number of Topliss-reactive ketones (excluding diaryl/α,β-unsaturated/α-hetero) is 1. The Labute approximate surface area is 186 Å². The Kier molecular flexibility index (Phi) is 5.90. The third-order valence-corrected chi connectivity index (χ3v) is 5.29. The van der Waals surface area contributed by atoms with Gasteiger partial charge in [-0.25, -0.2) is 18.0 Å². The van der Waals surface area contributed by atoms with Gasteiger partial charge in [0.05, 0.1) is 5.56 Å². The third kappa shape index (κ3) is 4.19. The van der Waals surface area contributed by atoms with Gasteiger partial charge in [-0.2, -0.15) is 8.78 Å². The minimum absolute atomic E-state index is 0.0685. The lowest BCUT2D eigenvalue weighted by Gasteiger charge is -2.15. The van der Waals surface area contributed by atoms with E-state index in [1.165, 1.54) is 29.5 Å². The smallest absolute Gasteiger partial charge is 0.352 e. The molecule has 0 spiro atoms. The molecule has 3 aromatic rings. The first kappa shape index (κ1) is 22.5. The largest absolute Gasteiger partial charge is 0.473 e. The van der Waals surface area contributed by atoms with Crippen molar-refractivity contribution in [2.45, 2.75) is 13.0 Å². The van der Waals surface area contributed by atoms with Crippen molar-refractivity contribution in [2.75, 3.05) is 0 Å². The lowest BCUT2D eigenvalue weighted by Crippen LogP contribution is -2.29. The Balaban J connectivity index is 1.49. The molecule has 1 aliphatic rings. The Morgan fingerprint density at radius 3 is 2.33 bits per heavy atom. The topological polar surface area (TPSA) is 61.8 Å². The van der Waals surface area contributed by atoms with Crippen molar-refractivity contribution in [2.24, 2.45) is 0 Å². The molecule has 33 heavy (non-hydrogen) atoms. The molecule has 0 saturated carbocycles. The number of thiophene rings is 1. The van der Waals surface area contributed by atoms with Crippen LogP contribution in [0, 0.1) is 29.1 Å². The van der Waals surface area contributed by atoms with Gasteiger partial charge in [-0.3, -0.25) is 4.79 Å². The maximum atomic E-state index is 13.8. The Morgan fingerprint density at radius 2 is 1.70 bits per heavy atom. The van der Waals surface area contributed by atoms with Crippen LogP contribution >= 0.6 is 11.3 Å². The van der Waals surface area contributed by atoms with Crippen molar-refractivity contribution in [3.05, 3.63) is 81.0 Å². The average Bonchev–Trinajstić information content (AvgIpc) is 3.42. The molecule has 0 amide bonds. The van der Waals surface area contributed by atoms with E-state index in [0.29, 0.717) is 0 Å². The first-order chi connectivity index (χ1) is 15.7. The summed E-state index contributed by atoms with van der Waals surface area (Å²) in [5.41, 5.74) is 0.225. The highest BCUT2D eigenvalue weighted by Crippen LogP contribution is 2.35. The molecule has 4 rings (SSSR count). The second-order valence-electron chi connectivity index (χ2n) is 6.69. The normalized spacial score (nSPS) is 14.7. The monoisotopic (exact) mass is 482 g/mol. The van der Waals surface area contributed by atoms with E-state index in [-0.39, 0.29) is 28.6 Å². The van der Waals surface area contributed by atoms with Gasteiger partial charge < -0.3 is 14.2 Å². The van der Waals surface area contributed by atoms with Crippen molar-refractivity contribution in [3.8, 4) is 17.2 Å². The van der Waals surface area contributed by atoms with Crippen LogP contribution in [0.15, 0.2) is 41.5 Å². The van der Waals surface area contributed by atoms with E-state index in [9.17, 15) is 31.5 Å². The van der Waals surface area contributed by atoms with Crippen LogP contribution in [0.25, 0.3) is 6.08 Å². The number of carbonyl (C=O) groups excluding carboxylic acids is 2. The van der Waals surface area contributed by atoms with E-state index >= 15 is 0 Å². The van der Waals surface area contributed by atoms with Crippen LogP contribution in [0.2, 0.25) is 0 Å². The zero-order valence-electron chi connectivity index (χ0n) is 16.5. The molecule has 0 aliphatic carbocycles. The van der Waals surface area contributed by atoms with Gasteiger partial charge in [-0.1, -0.05) is 6.07 Å². The molecule has 2 aromatic carbocycles. The van der Waals surface area contributed by atoms with Crippen LogP contribution in [-0.2, 0) is 4.79 Å². The molecule has 1 atom stereocenters. The summed E-state index contributed by atoms with van der Waals surface area (Å²) in [6.07, 6.45) is -0.193. The highest BCUT2D eigenvalue weighted by molar-refractivity contribution is 7.10. The van der Waals surface area contributed by atoms with E-state index in [1.54, 1.807) is 18.2 Å². The van der Waals surface area contributed by atoms with E-state index in [0.717, 1.165) is 11.8 Å². The van der Waals surface area contributed by atoms with Gasteiger partial charge in [0.15, 0.2) is 17.6 Å². The zero-order valence-corrected chi connectivity index (χ0v) is 17.3. The second-order valence-corrected chi connectivity index (χ2v) is 7.67. The fraction of sp³-hybridized carbons (Fsp3) is 0.0909. The van der Waals surface area contributed by atoms with Gasteiger partial charge in [0, 0.05) is 17.0 Å². The van der Waals surface area contributed by atoms with Gasteiger partial charge in [-0.15, -0.1) is 11.3 Å². The van der Waals surface area contributed by atoms with Gasteiger partial charge in [0.1, 0.15) is 11.5 Å². The van der Waals surface area contributed by atoms with E-state index in [1.807, 2.05) is 5.38 Å². The third-order valence-electron chi connectivity index (χ3n) is 4.47. The lowest BCUT2D eigenvalue weighted by atomic mass is 10.1. The molecule has 0 N–H and O–H groups in total. The Hall–Kier alpha value is -3.73. The Morgan fingerprint density at radius 1 is 1.03 bits per heavy atom. The summed E-state index contributed by atoms with van der Waals surface area (Å²) in [4.78, 5) is 25.5. The molecule has 2 heterocycles. The van der Waals surface area contributed by atoms with Gasteiger partial charge in [0.25, 0.3) is 0 Å². The molecular formula is C22H11F5O5S. The fourth-order valence-electron chi connectivity index (χ4n) is 2.85. The second kappa shape index (κ2) is 8.66. The van der Waals surface area contributed by atoms with Gasteiger partial charge >= 0.3 is 5.97 Å². The number of hydrogen-bond acceptors (Lipinski definition) is 6. The molecular weight excluding hydrogens is 471 g/mol. The van der Waals surface area contributed by atoms with Crippen LogP contribution in [-0.4, -0.2) is 17.9 Å². The number of carbonyl (C=O) groups is 2. The number of hydrogen-bond donors (Lipinski definition) is 0. The molecule has 11 heteroatoms. The van der Waals surface area contributed by atoms with Crippen molar-refractivity contribution in [1.29, 1.82) is 0 Å². The SMILES string of the molecule is CC(Oc1c(F)c(F)c(F)c(F)c1F)C(=O)Oc1ccc2c(c1)O/C(=C\c1cccs1)C2=O. The molecule has 5 nitrogen and oxygen atoms in total. The quantitative estimate of drug-likeness (QED) is 0.121. The predicted molar refractivity (Wildman–Crippen MR) is 106 cm³/mol. The summed E-state index contributed by atoms with van der Waals surface area (Å²) in [5, 5.41) is 1.83. The predicted octanol–water partition coefficient (Wildman–Crippen LogP) is 5.43. The van der Waals surface area contributed by atoms with Crippen LogP contribution in [0.1, 0.15) is 22.2 Å². The minimum atomic E-state index is -2.35. The molecule has 0 radical (unpaired) electrons. The van der Waals surface area contributed by atoms with Crippen LogP contribution in [0.3, 0.4) is 0 Å². The number of fused-ring (bicyclic) bond motifs is 1. The number of benzene rings is 2. The van der Waals surface area contributed by atoms with Crippen molar-refractivity contribution in [3.63, 3.8) is 0 Å². The summed E-state index contributed by atoms with van der Waals surface area (Å²) < 4.78 is 82.5. The highest BCUT2D eigenvalue weighted by Gasteiger charge is 2.31. The van der Waals surface area contributed by atoms with Crippen LogP contribution < -0.4 is 14.2 Å². The Bertz CT molecular complexity index is 1270. The van der Waals surface area contributed by atoms with Crippen molar-refractivity contribution in [1.82, 2.24) is 0 Å². The van der Waals surface area contributed by atoms with E-state index in [2.05, 4.69) is 4.74 Å². The molecule has 0 bridgehead atoms. The van der Waals surface area contributed by atoms with Gasteiger partial charge in [0.2, 0.25) is 34.9 Å². The summed E-state index contributed by atoms with van der Waals surface area (Å²) in [6.45, 7) is 0.996. The van der Waals surface area contributed by atoms with Crippen LogP contribution in [0.4, 0.5) is 22.0 Å². The fourth-order valence-corrected chi connectivity index (χ4v) is 3.49. The van der Waals surface area contributed by atoms with E-state index in [4.69, 9.17) is 9.47 Å². The van der Waals surface area contributed by atoms with Crippen LogP contribution in [0.5, 0.6) is 17.2 Å². The summed E-state index contributed by atoms with van der Waals surface area (Å²) in [6, 6.07) is 7.46. The van der Waals surface area contributed by atoms with E-state index < -0.39 is 46.9 Å². The van der Waals surface area contributed by atoms with Crippen molar-refractivity contribution >= 4 is 29.2 Å². The molecule has 1 aliphatic heterocycles. The zero-order chi connectivity index (χ0) is 23.9. The molecule has 0 saturated heterocycles. The van der Waals surface area contributed by atoms with Crippen molar-refractivity contribution < 1.29 is 45.8 Å². The standard InChI is InChI=1S/C22H11F5O5S/c1-9(30-21-18(26)16(24)15(23)17(25)19(21)27)22(29)31-10-4-5-12-13(7-10)32-14(20(12)28)8-11-3-2-6-33-11/h2-9H,1H3/b14-8-. The molecule has 0 fully saturated rings. The number of allylic oxidation sites excluding steroid dienone is 1. The molecule has 170 valence electrons. The number of esters is 1. The average molecular weight is 482 g/mol. The highest BCUT2D eigenvalue weighted by atomic mass is 32.1. The minimum Gasteiger partial charge on any atom is -0.473 e. The first-order valence-corrected chi connectivity index (χ1v) is 10.1. The first-order valence-electron chi connectivity index (χ1n) is 9.19. The maximum Gasteiger partial charge on any atom is 0.352 e. The number of ketones is 1. The lowest BCUT2D eigenvalue weighted by molar-refractivity contribution is -0.141. The summed E-state index contributed by atoms with van der Waals surface area (Å²) in [5.74, 6) is -14.3. The maximum absolute atomic E-state index is 13.8. The number of ether oxygens (including phenoxy) is 3. The molecule has 1 unspecified atom stereocenters.